The zero-order chi connectivity index (χ0) is 13.8. The number of hydrogen-bond acceptors (Lipinski definition) is 4. The van der Waals surface area contributed by atoms with Gasteiger partial charge in [0.25, 0.3) is 0 Å². The van der Waals surface area contributed by atoms with Gasteiger partial charge in [-0.05, 0) is 30.8 Å². The lowest BCUT2D eigenvalue weighted by Gasteiger charge is -2.30. The molecule has 1 aliphatic heterocycles. The smallest absolute Gasteiger partial charge is 0.150 e. The topological polar surface area (TPSA) is 44.8 Å². The summed E-state index contributed by atoms with van der Waals surface area (Å²) in [5, 5.41) is 0. The largest absolute Gasteiger partial charge is 0.381 e. The number of aldehydes is 1. The van der Waals surface area contributed by atoms with Crippen molar-refractivity contribution in [3.63, 3.8) is 0 Å². The molecule has 0 aromatic rings. The van der Waals surface area contributed by atoms with E-state index in [4.69, 9.17) is 14.2 Å². The Hall–Kier alpha value is -0.970. The molecule has 0 aromatic heterocycles. The maximum absolute atomic E-state index is 11.2. The van der Waals surface area contributed by atoms with Crippen LogP contribution in [0.15, 0.2) is 23.3 Å². The highest BCUT2D eigenvalue weighted by atomic mass is 16.6. The second-order valence-electron chi connectivity index (χ2n) is 5.84. The van der Waals surface area contributed by atoms with Crippen LogP contribution in [0.2, 0.25) is 0 Å². The monoisotopic (exact) mass is 278 g/mol. The Balaban J connectivity index is 1.57. The molecule has 4 nitrogen and oxygen atoms in total. The van der Waals surface area contributed by atoms with E-state index in [1.165, 1.54) is 12.8 Å². The zero-order valence-corrected chi connectivity index (χ0v) is 11.8. The summed E-state index contributed by atoms with van der Waals surface area (Å²) >= 11 is 0. The molecule has 3 aliphatic rings. The lowest BCUT2D eigenvalue weighted by Crippen LogP contribution is -2.32. The third-order valence-electron chi connectivity index (χ3n) is 4.11. The standard InChI is InChI=1S/C16H22O4/c17-8-14-4-3-13(10-19-9-12-1-2-12)7-15(14)16-11-18-5-6-20-16/h3-4,8,12-13,16H,1-2,5-7,9-11H2. The molecule has 2 aliphatic carbocycles. The van der Waals surface area contributed by atoms with Gasteiger partial charge in [-0.2, -0.15) is 0 Å². The van der Waals surface area contributed by atoms with Crippen molar-refractivity contribution in [2.45, 2.75) is 25.4 Å². The molecule has 2 fully saturated rings. The van der Waals surface area contributed by atoms with Gasteiger partial charge >= 0.3 is 0 Å². The minimum Gasteiger partial charge on any atom is -0.381 e. The maximum atomic E-state index is 11.2. The summed E-state index contributed by atoms with van der Waals surface area (Å²) in [7, 11) is 0. The lowest BCUT2D eigenvalue weighted by atomic mass is 9.87. The Morgan fingerprint density at radius 1 is 1.30 bits per heavy atom. The first-order chi connectivity index (χ1) is 9.86. The van der Waals surface area contributed by atoms with Gasteiger partial charge in [-0.3, -0.25) is 4.79 Å². The average molecular weight is 278 g/mol. The Morgan fingerprint density at radius 3 is 2.90 bits per heavy atom. The summed E-state index contributed by atoms with van der Waals surface area (Å²) in [6.45, 7) is 3.41. The first kappa shape index (κ1) is 14.0. The Kier molecular flexibility index (Phi) is 4.65. The fourth-order valence-corrected chi connectivity index (χ4v) is 2.72. The van der Waals surface area contributed by atoms with Crippen LogP contribution in [0.25, 0.3) is 0 Å². The normalized spacial score (nSPS) is 30.6. The third kappa shape index (κ3) is 3.57. The van der Waals surface area contributed by atoms with Gasteiger partial charge in [-0.25, -0.2) is 0 Å². The second-order valence-corrected chi connectivity index (χ2v) is 5.84. The molecule has 1 saturated carbocycles. The molecule has 0 bridgehead atoms. The van der Waals surface area contributed by atoms with Crippen molar-refractivity contribution >= 4 is 6.29 Å². The third-order valence-corrected chi connectivity index (χ3v) is 4.11. The van der Waals surface area contributed by atoms with Gasteiger partial charge in [0.1, 0.15) is 12.4 Å². The quantitative estimate of drug-likeness (QED) is 0.696. The fourth-order valence-electron chi connectivity index (χ4n) is 2.72. The van der Waals surface area contributed by atoms with E-state index in [9.17, 15) is 4.79 Å². The van der Waals surface area contributed by atoms with Crippen molar-refractivity contribution in [2.24, 2.45) is 11.8 Å². The first-order valence-electron chi connectivity index (χ1n) is 7.50. The predicted molar refractivity (Wildman–Crippen MR) is 74.4 cm³/mol. The van der Waals surface area contributed by atoms with Gasteiger partial charge in [0.05, 0.1) is 26.4 Å². The Labute approximate surface area is 119 Å². The molecule has 1 saturated heterocycles. The molecular formula is C16H22O4. The van der Waals surface area contributed by atoms with E-state index in [0.29, 0.717) is 25.7 Å². The predicted octanol–water partition coefficient (Wildman–Crippen LogP) is 1.90. The van der Waals surface area contributed by atoms with Crippen molar-refractivity contribution < 1.29 is 19.0 Å². The van der Waals surface area contributed by atoms with Gasteiger partial charge in [0.15, 0.2) is 0 Å². The molecule has 0 amide bonds. The molecule has 4 heteroatoms. The van der Waals surface area contributed by atoms with E-state index in [1.54, 1.807) is 0 Å². The minimum atomic E-state index is -0.0696. The lowest BCUT2D eigenvalue weighted by molar-refractivity contribution is -0.105. The number of carbonyl (C=O) groups excluding carboxylic acids is 1. The highest BCUT2D eigenvalue weighted by Crippen LogP contribution is 2.31. The molecule has 0 N–H and O–H groups in total. The van der Waals surface area contributed by atoms with Crippen LogP contribution in [0.5, 0.6) is 0 Å². The van der Waals surface area contributed by atoms with Crippen LogP contribution in [0.4, 0.5) is 0 Å². The Morgan fingerprint density at radius 2 is 2.20 bits per heavy atom. The van der Waals surface area contributed by atoms with E-state index in [2.05, 4.69) is 6.08 Å². The Bertz CT molecular complexity index is 403. The van der Waals surface area contributed by atoms with Crippen LogP contribution in [0.1, 0.15) is 19.3 Å². The maximum Gasteiger partial charge on any atom is 0.150 e. The van der Waals surface area contributed by atoms with Crippen LogP contribution in [-0.2, 0) is 19.0 Å². The number of carbonyl (C=O) groups is 1. The molecule has 110 valence electrons. The van der Waals surface area contributed by atoms with Crippen molar-refractivity contribution in [3.05, 3.63) is 23.3 Å². The molecule has 0 spiro atoms. The van der Waals surface area contributed by atoms with E-state index < -0.39 is 0 Å². The summed E-state index contributed by atoms with van der Waals surface area (Å²) < 4.78 is 17.0. The van der Waals surface area contributed by atoms with Gasteiger partial charge in [0.2, 0.25) is 0 Å². The molecule has 0 aromatic carbocycles. The van der Waals surface area contributed by atoms with Crippen molar-refractivity contribution in [2.75, 3.05) is 33.0 Å². The van der Waals surface area contributed by atoms with Crippen LogP contribution in [0, 0.1) is 11.8 Å². The molecule has 2 atom stereocenters. The SMILES string of the molecule is O=CC1=C(C2COCCO2)CC(COCC2CC2)C=C1. The fraction of sp³-hybridized carbons (Fsp3) is 0.688. The molecule has 3 rings (SSSR count). The van der Waals surface area contributed by atoms with E-state index >= 15 is 0 Å². The molecular weight excluding hydrogens is 256 g/mol. The van der Waals surface area contributed by atoms with Crippen molar-refractivity contribution in [1.29, 1.82) is 0 Å². The molecule has 20 heavy (non-hydrogen) atoms. The highest BCUT2D eigenvalue weighted by Gasteiger charge is 2.27. The van der Waals surface area contributed by atoms with Crippen molar-refractivity contribution in [1.82, 2.24) is 0 Å². The molecule has 1 heterocycles. The van der Waals surface area contributed by atoms with Gasteiger partial charge < -0.3 is 14.2 Å². The number of hydrogen-bond donors (Lipinski definition) is 0. The first-order valence-corrected chi connectivity index (χ1v) is 7.50. The molecule has 0 radical (unpaired) electrons. The summed E-state index contributed by atoms with van der Waals surface area (Å²) in [6.07, 6.45) is 8.31. The zero-order valence-electron chi connectivity index (χ0n) is 11.8. The minimum absolute atomic E-state index is 0.0696. The van der Waals surface area contributed by atoms with Crippen molar-refractivity contribution in [3.8, 4) is 0 Å². The van der Waals surface area contributed by atoms with Crippen LogP contribution < -0.4 is 0 Å². The summed E-state index contributed by atoms with van der Waals surface area (Å²) in [5.74, 6) is 1.14. The number of allylic oxidation sites excluding steroid dienone is 2. The van der Waals surface area contributed by atoms with Crippen LogP contribution in [0.3, 0.4) is 0 Å². The van der Waals surface area contributed by atoms with Crippen LogP contribution >= 0.6 is 0 Å². The summed E-state index contributed by atoms with van der Waals surface area (Å²) in [6, 6.07) is 0. The van der Waals surface area contributed by atoms with Gasteiger partial charge in [0, 0.05) is 18.1 Å². The van der Waals surface area contributed by atoms with E-state index in [1.807, 2.05) is 6.08 Å². The van der Waals surface area contributed by atoms with E-state index in [0.717, 1.165) is 43.0 Å². The highest BCUT2D eigenvalue weighted by molar-refractivity contribution is 5.79. The average Bonchev–Trinajstić information content (AvgIpc) is 3.32. The number of ether oxygens (including phenoxy) is 3. The van der Waals surface area contributed by atoms with Gasteiger partial charge in [-0.1, -0.05) is 12.2 Å². The molecule has 2 unspecified atom stereocenters. The number of rotatable bonds is 6. The second kappa shape index (κ2) is 6.66. The summed E-state index contributed by atoms with van der Waals surface area (Å²) in [4.78, 5) is 11.2. The summed E-state index contributed by atoms with van der Waals surface area (Å²) in [5.41, 5.74) is 1.82. The van der Waals surface area contributed by atoms with Crippen LogP contribution in [-0.4, -0.2) is 45.4 Å². The van der Waals surface area contributed by atoms with E-state index in [-0.39, 0.29) is 6.10 Å². The van der Waals surface area contributed by atoms with Gasteiger partial charge in [-0.15, -0.1) is 0 Å².